The second kappa shape index (κ2) is 7.19. The summed E-state index contributed by atoms with van der Waals surface area (Å²) >= 11 is 1.55. The first-order valence-electron chi connectivity index (χ1n) is 7.79. The van der Waals surface area contributed by atoms with Gasteiger partial charge in [0.1, 0.15) is 5.82 Å². The zero-order valence-electron chi connectivity index (χ0n) is 13.1. The molecule has 1 atom stereocenters. The summed E-state index contributed by atoms with van der Waals surface area (Å²) in [7, 11) is 0. The fourth-order valence-electron chi connectivity index (χ4n) is 2.71. The van der Waals surface area contributed by atoms with Crippen molar-refractivity contribution in [2.45, 2.75) is 25.8 Å². The number of rotatable bonds is 4. The molecule has 3 rings (SSSR count). The van der Waals surface area contributed by atoms with Crippen molar-refractivity contribution in [1.82, 2.24) is 15.2 Å². The molecule has 1 aliphatic heterocycles. The molecule has 2 aromatic rings. The van der Waals surface area contributed by atoms with Crippen molar-refractivity contribution in [2.75, 3.05) is 19.6 Å². The summed E-state index contributed by atoms with van der Waals surface area (Å²) in [6.45, 7) is 4.45. The molecule has 1 amide bonds. The maximum atomic E-state index is 12.9. The van der Waals surface area contributed by atoms with Gasteiger partial charge in [0.25, 0.3) is 0 Å². The van der Waals surface area contributed by atoms with E-state index in [1.54, 1.807) is 23.5 Å². The molecule has 6 heteroatoms. The quantitative estimate of drug-likeness (QED) is 0.933. The van der Waals surface area contributed by atoms with Crippen molar-refractivity contribution in [3.05, 3.63) is 51.7 Å². The van der Waals surface area contributed by atoms with E-state index in [0.717, 1.165) is 35.9 Å². The fraction of sp³-hybridized carbons (Fsp3) is 0.412. The highest BCUT2D eigenvalue weighted by Crippen LogP contribution is 2.16. The average Bonchev–Trinajstić information content (AvgIpc) is 2.96. The van der Waals surface area contributed by atoms with Gasteiger partial charge in [-0.05, 0) is 24.6 Å². The minimum absolute atomic E-state index is 0.136. The van der Waals surface area contributed by atoms with Crippen LogP contribution in [0.15, 0.2) is 29.6 Å². The average molecular weight is 333 g/mol. The molecule has 0 aliphatic carbocycles. The highest BCUT2D eigenvalue weighted by Gasteiger charge is 2.21. The summed E-state index contributed by atoms with van der Waals surface area (Å²) in [6, 6.07) is 6.79. The molecule has 0 unspecified atom stereocenters. The third-order valence-electron chi connectivity index (χ3n) is 3.92. The first kappa shape index (κ1) is 16.1. The summed E-state index contributed by atoms with van der Waals surface area (Å²) in [6.07, 6.45) is 1.02. The van der Waals surface area contributed by atoms with Crippen LogP contribution in [0.4, 0.5) is 4.39 Å². The molecule has 1 aliphatic rings. The monoisotopic (exact) mass is 333 g/mol. The Kier molecular flexibility index (Phi) is 5.03. The van der Waals surface area contributed by atoms with Gasteiger partial charge in [-0.1, -0.05) is 12.1 Å². The Labute approximate surface area is 139 Å². The van der Waals surface area contributed by atoms with E-state index in [-0.39, 0.29) is 11.7 Å². The van der Waals surface area contributed by atoms with Gasteiger partial charge in [0.15, 0.2) is 0 Å². The third-order valence-corrected chi connectivity index (χ3v) is 4.82. The van der Waals surface area contributed by atoms with Crippen molar-refractivity contribution in [1.29, 1.82) is 0 Å². The van der Waals surface area contributed by atoms with Crippen LogP contribution in [-0.2, 0) is 17.6 Å². The number of nitrogens with one attached hydrogen (secondary N) is 1. The van der Waals surface area contributed by atoms with Crippen LogP contribution in [0.1, 0.15) is 23.2 Å². The van der Waals surface area contributed by atoms with Gasteiger partial charge in [-0.25, -0.2) is 9.37 Å². The predicted octanol–water partition coefficient (Wildman–Crippen LogP) is 2.24. The second-order valence-corrected chi connectivity index (χ2v) is 6.85. The number of amides is 1. The van der Waals surface area contributed by atoms with Crippen molar-refractivity contribution >= 4 is 17.2 Å². The Bertz CT molecular complexity index is 671. The maximum Gasteiger partial charge on any atom is 0.228 e. The molecule has 1 aromatic carbocycles. The van der Waals surface area contributed by atoms with E-state index in [1.165, 1.54) is 12.1 Å². The Balaban J connectivity index is 1.58. The molecule has 0 saturated carbocycles. The van der Waals surface area contributed by atoms with Crippen molar-refractivity contribution in [2.24, 2.45) is 0 Å². The molecular weight excluding hydrogens is 313 g/mol. The van der Waals surface area contributed by atoms with Gasteiger partial charge < -0.3 is 10.2 Å². The number of thiazole rings is 1. The van der Waals surface area contributed by atoms with Crippen LogP contribution in [0, 0.1) is 5.82 Å². The number of nitrogens with zero attached hydrogens (tertiary/aromatic N) is 2. The van der Waals surface area contributed by atoms with E-state index in [0.29, 0.717) is 18.9 Å². The molecule has 4 nitrogen and oxygen atoms in total. The lowest BCUT2D eigenvalue weighted by molar-refractivity contribution is -0.131. The lowest BCUT2D eigenvalue weighted by Crippen LogP contribution is -2.51. The maximum absolute atomic E-state index is 12.9. The summed E-state index contributed by atoms with van der Waals surface area (Å²) < 4.78 is 12.9. The minimum atomic E-state index is -0.232. The van der Waals surface area contributed by atoms with Crippen LogP contribution < -0.4 is 5.32 Å². The minimum Gasteiger partial charge on any atom is -0.340 e. The predicted molar refractivity (Wildman–Crippen MR) is 89.1 cm³/mol. The normalized spacial score (nSPS) is 18.2. The number of aromatic nitrogens is 1. The molecule has 0 bridgehead atoms. The number of carbonyl (C=O) groups is 1. The molecule has 2 heterocycles. The van der Waals surface area contributed by atoms with Crippen molar-refractivity contribution in [3.8, 4) is 0 Å². The molecule has 1 N–H and O–H groups in total. The van der Waals surface area contributed by atoms with Crippen LogP contribution in [0.2, 0.25) is 0 Å². The lowest BCUT2D eigenvalue weighted by atomic mass is 10.1. The van der Waals surface area contributed by atoms with Gasteiger partial charge in [0.05, 0.1) is 17.1 Å². The standard InChI is InChI=1S/C17H20FN3OS/c1-12-10-21(7-6-19-12)17(22)9-15-11-23-16(20-15)8-13-2-4-14(18)5-3-13/h2-5,11-12,19H,6-10H2,1H3/t12-/m1/s1. The largest absolute Gasteiger partial charge is 0.340 e. The van der Waals surface area contributed by atoms with Gasteiger partial charge in [-0.15, -0.1) is 11.3 Å². The summed E-state index contributed by atoms with van der Waals surface area (Å²) in [5, 5.41) is 6.23. The van der Waals surface area contributed by atoms with E-state index >= 15 is 0 Å². The van der Waals surface area contributed by atoms with E-state index in [9.17, 15) is 9.18 Å². The van der Waals surface area contributed by atoms with Crippen LogP contribution >= 0.6 is 11.3 Å². The lowest BCUT2D eigenvalue weighted by Gasteiger charge is -2.31. The highest BCUT2D eigenvalue weighted by molar-refractivity contribution is 7.09. The highest BCUT2D eigenvalue weighted by atomic mass is 32.1. The van der Waals surface area contributed by atoms with Crippen LogP contribution in [-0.4, -0.2) is 41.5 Å². The Morgan fingerprint density at radius 3 is 2.96 bits per heavy atom. The Morgan fingerprint density at radius 1 is 1.43 bits per heavy atom. The van der Waals surface area contributed by atoms with Gasteiger partial charge in [-0.2, -0.15) is 0 Å². The molecule has 1 saturated heterocycles. The molecule has 1 fully saturated rings. The molecule has 23 heavy (non-hydrogen) atoms. The number of hydrogen-bond acceptors (Lipinski definition) is 4. The first-order chi connectivity index (χ1) is 11.1. The van der Waals surface area contributed by atoms with E-state index in [4.69, 9.17) is 0 Å². The number of carbonyl (C=O) groups excluding carboxylic acids is 1. The number of piperazine rings is 1. The topological polar surface area (TPSA) is 45.2 Å². The van der Waals surface area contributed by atoms with Crippen LogP contribution in [0.25, 0.3) is 0 Å². The first-order valence-corrected chi connectivity index (χ1v) is 8.67. The number of benzene rings is 1. The smallest absolute Gasteiger partial charge is 0.228 e. The number of halogens is 1. The zero-order chi connectivity index (χ0) is 16.2. The Morgan fingerprint density at radius 2 is 2.22 bits per heavy atom. The van der Waals surface area contributed by atoms with Gasteiger partial charge in [0, 0.05) is 37.5 Å². The van der Waals surface area contributed by atoms with Crippen LogP contribution in [0.3, 0.4) is 0 Å². The van der Waals surface area contributed by atoms with E-state index in [2.05, 4.69) is 17.2 Å². The van der Waals surface area contributed by atoms with Gasteiger partial charge in [-0.3, -0.25) is 4.79 Å². The summed E-state index contributed by atoms with van der Waals surface area (Å²) in [4.78, 5) is 18.8. The summed E-state index contributed by atoms with van der Waals surface area (Å²) in [5.74, 6) is -0.0959. The van der Waals surface area contributed by atoms with E-state index < -0.39 is 0 Å². The molecule has 0 radical (unpaired) electrons. The van der Waals surface area contributed by atoms with Gasteiger partial charge in [0.2, 0.25) is 5.91 Å². The van der Waals surface area contributed by atoms with Crippen LogP contribution in [0.5, 0.6) is 0 Å². The molecule has 1 aromatic heterocycles. The SMILES string of the molecule is C[C@@H]1CN(C(=O)Cc2csc(Cc3ccc(F)cc3)n2)CCN1. The van der Waals surface area contributed by atoms with E-state index in [1.807, 2.05) is 10.3 Å². The Hall–Kier alpha value is -1.79. The fourth-order valence-corrected chi connectivity index (χ4v) is 3.54. The zero-order valence-corrected chi connectivity index (χ0v) is 13.9. The molecule has 122 valence electrons. The van der Waals surface area contributed by atoms with Crippen molar-refractivity contribution in [3.63, 3.8) is 0 Å². The van der Waals surface area contributed by atoms with Gasteiger partial charge >= 0.3 is 0 Å². The molecular formula is C17H20FN3OS. The molecule has 0 spiro atoms. The number of hydrogen-bond donors (Lipinski definition) is 1. The second-order valence-electron chi connectivity index (χ2n) is 5.91. The summed E-state index contributed by atoms with van der Waals surface area (Å²) in [5.41, 5.74) is 1.85. The third kappa shape index (κ3) is 4.36. The van der Waals surface area contributed by atoms with Crippen molar-refractivity contribution < 1.29 is 9.18 Å².